The highest BCUT2D eigenvalue weighted by molar-refractivity contribution is 6.30. The number of para-hydroxylation sites is 1. The molecule has 6 heteroatoms. The number of carbonyl (C=O) groups excluding carboxylic acids is 2. The van der Waals surface area contributed by atoms with Gasteiger partial charge in [-0.25, -0.2) is 9.78 Å². The molecule has 1 atom stereocenters. The SMILES string of the molecule is C[C@H](OC(=O)c1cc(-c2ccc(Cl)cc2)nc2ccccc12)C(=O)NC1CC1. The van der Waals surface area contributed by atoms with Gasteiger partial charge in [0.2, 0.25) is 0 Å². The lowest BCUT2D eigenvalue weighted by molar-refractivity contribution is -0.129. The molecule has 1 aromatic heterocycles. The molecule has 1 saturated carbocycles. The van der Waals surface area contributed by atoms with Gasteiger partial charge in [0.15, 0.2) is 6.10 Å². The standard InChI is InChI=1S/C22H19ClN2O3/c1-13(21(26)24-16-10-11-16)28-22(27)18-12-20(14-6-8-15(23)9-7-14)25-19-5-3-2-4-17(18)19/h2-9,12-13,16H,10-11H2,1H3,(H,24,26)/t13-/m0/s1. The number of pyridine rings is 1. The van der Waals surface area contributed by atoms with E-state index in [0.29, 0.717) is 27.2 Å². The van der Waals surface area contributed by atoms with E-state index in [0.717, 1.165) is 18.4 Å². The minimum absolute atomic E-state index is 0.215. The first-order valence-corrected chi connectivity index (χ1v) is 9.56. The van der Waals surface area contributed by atoms with E-state index in [9.17, 15) is 9.59 Å². The number of fused-ring (bicyclic) bond motifs is 1. The number of benzene rings is 2. The summed E-state index contributed by atoms with van der Waals surface area (Å²) >= 11 is 5.97. The Morgan fingerprint density at radius 3 is 2.57 bits per heavy atom. The third-order valence-corrected chi connectivity index (χ3v) is 4.90. The predicted octanol–water partition coefficient (Wildman–Crippen LogP) is 4.38. The molecule has 1 aliphatic carbocycles. The van der Waals surface area contributed by atoms with Gasteiger partial charge in [-0.3, -0.25) is 4.79 Å². The van der Waals surface area contributed by atoms with Crippen LogP contribution in [0, 0.1) is 0 Å². The van der Waals surface area contributed by atoms with Gasteiger partial charge in [-0.15, -0.1) is 0 Å². The number of hydrogen-bond donors (Lipinski definition) is 1. The summed E-state index contributed by atoms with van der Waals surface area (Å²) in [6.07, 6.45) is 1.09. The van der Waals surface area contributed by atoms with Crippen molar-refractivity contribution in [3.63, 3.8) is 0 Å². The molecule has 5 nitrogen and oxygen atoms in total. The number of rotatable bonds is 5. The minimum atomic E-state index is -0.862. The van der Waals surface area contributed by atoms with Crippen molar-refractivity contribution < 1.29 is 14.3 Å². The van der Waals surface area contributed by atoms with Crippen LogP contribution in [0.4, 0.5) is 0 Å². The van der Waals surface area contributed by atoms with Gasteiger partial charge < -0.3 is 10.1 Å². The summed E-state index contributed by atoms with van der Waals surface area (Å²) in [5.41, 5.74) is 2.53. The molecule has 2 aromatic carbocycles. The van der Waals surface area contributed by atoms with E-state index in [4.69, 9.17) is 16.3 Å². The zero-order valence-electron chi connectivity index (χ0n) is 15.3. The number of esters is 1. The zero-order valence-corrected chi connectivity index (χ0v) is 16.1. The van der Waals surface area contributed by atoms with Crippen molar-refractivity contribution in [2.45, 2.75) is 31.9 Å². The summed E-state index contributed by atoms with van der Waals surface area (Å²) in [5.74, 6) is -0.820. The fourth-order valence-corrected chi connectivity index (χ4v) is 3.06. The van der Waals surface area contributed by atoms with Crippen LogP contribution in [0.5, 0.6) is 0 Å². The molecule has 3 aromatic rings. The maximum Gasteiger partial charge on any atom is 0.339 e. The average molecular weight is 395 g/mol. The van der Waals surface area contributed by atoms with Gasteiger partial charge in [-0.1, -0.05) is 41.9 Å². The molecule has 142 valence electrons. The lowest BCUT2D eigenvalue weighted by Crippen LogP contribution is -2.37. The van der Waals surface area contributed by atoms with Crippen LogP contribution >= 0.6 is 11.6 Å². The number of carbonyl (C=O) groups is 2. The fourth-order valence-electron chi connectivity index (χ4n) is 2.94. The summed E-state index contributed by atoms with van der Waals surface area (Å²) in [5, 5.41) is 4.15. The molecule has 1 amide bonds. The van der Waals surface area contributed by atoms with Crippen LogP contribution in [0.2, 0.25) is 5.02 Å². The number of ether oxygens (including phenoxy) is 1. The molecule has 1 heterocycles. The monoisotopic (exact) mass is 394 g/mol. The first-order chi connectivity index (χ1) is 13.5. The topological polar surface area (TPSA) is 68.3 Å². The molecular weight excluding hydrogens is 376 g/mol. The van der Waals surface area contributed by atoms with Gasteiger partial charge in [-0.2, -0.15) is 0 Å². The van der Waals surface area contributed by atoms with Crippen molar-refractivity contribution in [1.29, 1.82) is 0 Å². The Morgan fingerprint density at radius 1 is 1.14 bits per heavy atom. The van der Waals surface area contributed by atoms with Gasteiger partial charge in [0.1, 0.15) is 0 Å². The fraction of sp³-hybridized carbons (Fsp3) is 0.227. The second-order valence-corrected chi connectivity index (χ2v) is 7.35. The van der Waals surface area contributed by atoms with Crippen molar-refractivity contribution in [2.75, 3.05) is 0 Å². The Bertz CT molecular complexity index is 1050. The summed E-state index contributed by atoms with van der Waals surface area (Å²) in [4.78, 5) is 29.6. The van der Waals surface area contributed by atoms with E-state index in [-0.39, 0.29) is 11.9 Å². The molecule has 1 fully saturated rings. The van der Waals surface area contributed by atoms with Crippen molar-refractivity contribution in [2.24, 2.45) is 0 Å². The molecule has 0 radical (unpaired) electrons. The number of halogens is 1. The van der Waals surface area contributed by atoms with Crippen LogP contribution in [-0.4, -0.2) is 29.0 Å². The van der Waals surface area contributed by atoms with Crippen LogP contribution in [-0.2, 0) is 9.53 Å². The zero-order chi connectivity index (χ0) is 19.7. The lowest BCUT2D eigenvalue weighted by atomic mass is 10.0. The van der Waals surface area contributed by atoms with E-state index in [1.807, 2.05) is 36.4 Å². The van der Waals surface area contributed by atoms with Crippen molar-refractivity contribution in [3.8, 4) is 11.3 Å². The van der Waals surface area contributed by atoms with Gasteiger partial charge in [0.25, 0.3) is 5.91 Å². The van der Waals surface area contributed by atoms with Gasteiger partial charge >= 0.3 is 5.97 Å². The highest BCUT2D eigenvalue weighted by Gasteiger charge is 2.28. The summed E-state index contributed by atoms with van der Waals surface area (Å²) < 4.78 is 5.45. The second kappa shape index (κ2) is 7.60. The van der Waals surface area contributed by atoms with Crippen molar-refractivity contribution >= 4 is 34.4 Å². The Kier molecular flexibility index (Phi) is 5.01. The van der Waals surface area contributed by atoms with Crippen molar-refractivity contribution in [1.82, 2.24) is 10.3 Å². The number of nitrogens with one attached hydrogen (secondary N) is 1. The summed E-state index contributed by atoms with van der Waals surface area (Å²) in [6, 6.07) is 16.5. The maximum atomic E-state index is 12.9. The number of amides is 1. The number of hydrogen-bond acceptors (Lipinski definition) is 4. The first-order valence-electron chi connectivity index (χ1n) is 9.18. The molecule has 0 saturated heterocycles. The molecule has 4 rings (SSSR count). The number of nitrogens with zero attached hydrogens (tertiary/aromatic N) is 1. The Morgan fingerprint density at radius 2 is 1.86 bits per heavy atom. The average Bonchev–Trinajstić information content (AvgIpc) is 3.51. The Labute approximate surface area is 167 Å². The molecular formula is C22H19ClN2O3. The normalized spacial score (nSPS) is 14.5. The molecule has 1 N–H and O–H groups in total. The smallest absolute Gasteiger partial charge is 0.339 e. The largest absolute Gasteiger partial charge is 0.449 e. The van der Waals surface area contributed by atoms with Crippen molar-refractivity contribution in [3.05, 3.63) is 65.2 Å². The molecule has 0 aliphatic heterocycles. The van der Waals surface area contributed by atoms with E-state index >= 15 is 0 Å². The van der Waals surface area contributed by atoms with E-state index in [1.54, 1.807) is 25.1 Å². The van der Waals surface area contributed by atoms with Gasteiger partial charge in [-0.05, 0) is 44.0 Å². The van der Waals surface area contributed by atoms with Gasteiger partial charge in [0, 0.05) is 22.0 Å². The predicted molar refractivity (Wildman–Crippen MR) is 108 cm³/mol. The molecule has 28 heavy (non-hydrogen) atoms. The molecule has 1 aliphatic rings. The third kappa shape index (κ3) is 3.99. The van der Waals surface area contributed by atoms with Gasteiger partial charge in [0.05, 0.1) is 16.8 Å². The summed E-state index contributed by atoms with van der Waals surface area (Å²) in [7, 11) is 0. The molecule has 0 unspecified atom stereocenters. The van der Waals surface area contributed by atoms with Crippen LogP contribution < -0.4 is 5.32 Å². The highest BCUT2D eigenvalue weighted by atomic mass is 35.5. The third-order valence-electron chi connectivity index (χ3n) is 4.65. The first kappa shape index (κ1) is 18.4. The van der Waals surface area contributed by atoms with Crippen LogP contribution in [0.25, 0.3) is 22.2 Å². The summed E-state index contributed by atoms with van der Waals surface area (Å²) in [6.45, 7) is 1.58. The van der Waals surface area contributed by atoms with Crippen LogP contribution in [0.15, 0.2) is 54.6 Å². The van der Waals surface area contributed by atoms with E-state index in [2.05, 4.69) is 10.3 Å². The van der Waals surface area contributed by atoms with E-state index < -0.39 is 12.1 Å². The minimum Gasteiger partial charge on any atom is -0.449 e. The lowest BCUT2D eigenvalue weighted by Gasteiger charge is -2.15. The maximum absolute atomic E-state index is 12.9. The Hall–Kier alpha value is -2.92. The van der Waals surface area contributed by atoms with Crippen LogP contribution in [0.1, 0.15) is 30.1 Å². The highest BCUT2D eigenvalue weighted by Crippen LogP contribution is 2.27. The van der Waals surface area contributed by atoms with E-state index in [1.165, 1.54) is 0 Å². The Balaban J connectivity index is 1.67. The van der Waals surface area contributed by atoms with Crippen LogP contribution in [0.3, 0.4) is 0 Å². The quantitative estimate of drug-likeness (QED) is 0.652. The molecule has 0 bridgehead atoms. The molecule has 0 spiro atoms. The second-order valence-electron chi connectivity index (χ2n) is 6.91. The number of aromatic nitrogens is 1.